The summed E-state index contributed by atoms with van der Waals surface area (Å²) in [4.78, 5) is 17.0. The van der Waals surface area contributed by atoms with Crippen LogP contribution in [0.25, 0.3) is 0 Å². The topological polar surface area (TPSA) is 74.6 Å². The summed E-state index contributed by atoms with van der Waals surface area (Å²) in [7, 11) is 1.68. The van der Waals surface area contributed by atoms with Gasteiger partial charge in [-0.25, -0.2) is 4.98 Å². The average Bonchev–Trinajstić information content (AvgIpc) is 2.97. The van der Waals surface area contributed by atoms with Gasteiger partial charge in [-0.05, 0) is 38.5 Å². The molecule has 2 heterocycles. The number of methoxy groups -OCH3 is 1. The lowest BCUT2D eigenvalue weighted by molar-refractivity contribution is -0.119. The molecule has 0 spiro atoms. The monoisotopic (exact) mass is 405 g/mol. The molecule has 2 aromatic rings. The zero-order valence-electron chi connectivity index (χ0n) is 16.8. The summed E-state index contributed by atoms with van der Waals surface area (Å²) in [6.45, 7) is 8.41. The van der Waals surface area contributed by atoms with Crippen LogP contribution in [-0.2, 0) is 16.1 Å². The first-order valence-electron chi connectivity index (χ1n) is 9.34. The molecule has 1 aliphatic heterocycles. The molecule has 7 nitrogen and oxygen atoms in total. The fourth-order valence-corrected chi connectivity index (χ4v) is 3.93. The summed E-state index contributed by atoms with van der Waals surface area (Å²) in [6.07, 6.45) is 0. The molecular formula is C20H27N3O4S. The fraction of sp³-hybridized carbons (Fsp3) is 0.500. The van der Waals surface area contributed by atoms with E-state index in [1.165, 1.54) is 11.8 Å². The first-order chi connectivity index (χ1) is 13.5. The number of thioether (sulfide) groups is 1. The van der Waals surface area contributed by atoms with Gasteiger partial charge in [0.25, 0.3) is 0 Å². The van der Waals surface area contributed by atoms with Crippen molar-refractivity contribution in [3.05, 3.63) is 35.2 Å². The van der Waals surface area contributed by atoms with Crippen LogP contribution in [0.4, 0.5) is 0 Å². The number of aromatic nitrogens is 2. The van der Waals surface area contributed by atoms with E-state index in [-0.39, 0.29) is 11.9 Å². The molecule has 0 saturated carbocycles. The van der Waals surface area contributed by atoms with E-state index in [0.29, 0.717) is 25.6 Å². The minimum atomic E-state index is -0.124. The van der Waals surface area contributed by atoms with Gasteiger partial charge in [-0.2, -0.15) is 0 Å². The van der Waals surface area contributed by atoms with E-state index in [0.717, 1.165) is 40.2 Å². The summed E-state index contributed by atoms with van der Waals surface area (Å²) in [5.74, 6) is 1.74. The third kappa shape index (κ3) is 4.80. The zero-order chi connectivity index (χ0) is 20.1. The number of imidazole rings is 1. The van der Waals surface area contributed by atoms with E-state index in [2.05, 4.69) is 14.9 Å². The number of ether oxygens (including phenoxy) is 3. The Kier molecular flexibility index (Phi) is 6.85. The number of carbonyl (C=O) groups is 1. The van der Waals surface area contributed by atoms with E-state index < -0.39 is 0 Å². The first kappa shape index (κ1) is 20.5. The van der Waals surface area contributed by atoms with E-state index in [1.54, 1.807) is 7.11 Å². The normalized spacial score (nSPS) is 14.0. The van der Waals surface area contributed by atoms with Gasteiger partial charge in [0.05, 0.1) is 24.1 Å². The maximum absolute atomic E-state index is 12.5. The Morgan fingerprint density at radius 2 is 2.07 bits per heavy atom. The van der Waals surface area contributed by atoms with Crippen molar-refractivity contribution in [3.63, 3.8) is 0 Å². The second-order valence-corrected chi connectivity index (χ2v) is 7.63. The number of aryl methyl sites for hydroxylation is 1. The smallest absolute Gasteiger partial charge is 0.230 e. The summed E-state index contributed by atoms with van der Waals surface area (Å²) < 4.78 is 18.4. The number of nitrogens with zero attached hydrogens (tertiary/aromatic N) is 2. The molecule has 1 atom stereocenters. The number of hydrogen-bond donors (Lipinski definition) is 1. The summed E-state index contributed by atoms with van der Waals surface area (Å²) in [6, 6.07) is 5.65. The van der Waals surface area contributed by atoms with Crippen LogP contribution in [0.2, 0.25) is 0 Å². The number of benzene rings is 1. The Labute approximate surface area is 169 Å². The third-order valence-corrected chi connectivity index (χ3v) is 5.69. The molecule has 0 radical (unpaired) electrons. The Balaban J connectivity index is 1.58. The first-order valence-corrected chi connectivity index (χ1v) is 10.3. The molecule has 0 bridgehead atoms. The number of rotatable bonds is 8. The highest BCUT2D eigenvalue weighted by Crippen LogP contribution is 2.32. The second-order valence-electron chi connectivity index (χ2n) is 6.69. The van der Waals surface area contributed by atoms with Crippen molar-refractivity contribution in [2.75, 3.05) is 32.7 Å². The number of nitrogens with one attached hydrogen (secondary N) is 1. The number of fused-ring (bicyclic) bond motifs is 1. The summed E-state index contributed by atoms with van der Waals surface area (Å²) in [5.41, 5.74) is 3.06. The van der Waals surface area contributed by atoms with E-state index >= 15 is 0 Å². The standard InChI is InChI=1S/C20H27N3O4S/c1-13-15(3)23(7-8-25-4)20(22-13)28-12-19(24)21-14(2)16-5-6-17-18(11-16)27-10-9-26-17/h5-6,11,14H,7-10,12H2,1-4H3,(H,21,24)/t14-/m1/s1. The molecule has 0 saturated heterocycles. The molecule has 1 aromatic heterocycles. The van der Waals surface area contributed by atoms with Crippen LogP contribution in [0.15, 0.2) is 23.4 Å². The average molecular weight is 406 g/mol. The SMILES string of the molecule is COCCn1c(SCC(=O)N[C@H](C)c2ccc3c(c2)OCCO3)nc(C)c1C. The molecule has 1 aromatic carbocycles. The Bertz CT molecular complexity index is 837. The minimum Gasteiger partial charge on any atom is -0.486 e. The molecule has 28 heavy (non-hydrogen) atoms. The Hall–Kier alpha value is -2.19. The van der Waals surface area contributed by atoms with Gasteiger partial charge in [0.1, 0.15) is 13.2 Å². The van der Waals surface area contributed by atoms with Crippen molar-refractivity contribution in [2.45, 2.75) is 38.5 Å². The van der Waals surface area contributed by atoms with Gasteiger partial charge >= 0.3 is 0 Å². The van der Waals surface area contributed by atoms with E-state index in [4.69, 9.17) is 14.2 Å². The van der Waals surface area contributed by atoms with Crippen LogP contribution in [-0.4, -0.2) is 48.1 Å². The lowest BCUT2D eigenvalue weighted by Crippen LogP contribution is -2.28. The zero-order valence-corrected chi connectivity index (χ0v) is 17.6. The maximum atomic E-state index is 12.5. The molecule has 1 amide bonds. The predicted molar refractivity (Wildman–Crippen MR) is 108 cm³/mol. The largest absolute Gasteiger partial charge is 0.486 e. The van der Waals surface area contributed by atoms with Gasteiger partial charge in [0.2, 0.25) is 5.91 Å². The predicted octanol–water partition coefficient (Wildman–Crippen LogP) is 2.89. The van der Waals surface area contributed by atoms with E-state index in [1.807, 2.05) is 39.0 Å². The highest BCUT2D eigenvalue weighted by Gasteiger charge is 2.17. The van der Waals surface area contributed by atoms with Crippen molar-refractivity contribution >= 4 is 17.7 Å². The van der Waals surface area contributed by atoms with Crippen LogP contribution in [0.5, 0.6) is 11.5 Å². The van der Waals surface area contributed by atoms with E-state index in [9.17, 15) is 4.79 Å². The van der Waals surface area contributed by atoms with Crippen LogP contribution in [0, 0.1) is 13.8 Å². The summed E-state index contributed by atoms with van der Waals surface area (Å²) in [5, 5.41) is 3.88. The lowest BCUT2D eigenvalue weighted by atomic mass is 10.1. The van der Waals surface area contributed by atoms with Crippen molar-refractivity contribution in [2.24, 2.45) is 0 Å². The van der Waals surface area contributed by atoms with Crippen LogP contribution >= 0.6 is 11.8 Å². The maximum Gasteiger partial charge on any atom is 0.230 e. The van der Waals surface area contributed by atoms with Gasteiger partial charge < -0.3 is 24.1 Å². The highest BCUT2D eigenvalue weighted by molar-refractivity contribution is 7.99. The third-order valence-electron chi connectivity index (χ3n) is 4.72. The van der Waals surface area contributed by atoms with Gasteiger partial charge in [0, 0.05) is 19.3 Å². The molecule has 0 unspecified atom stereocenters. The molecule has 152 valence electrons. The number of hydrogen-bond acceptors (Lipinski definition) is 6. The van der Waals surface area contributed by atoms with Crippen molar-refractivity contribution in [1.82, 2.24) is 14.9 Å². The van der Waals surface area contributed by atoms with Gasteiger partial charge in [-0.1, -0.05) is 17.8 Å². The van der Waals surface area contributed by atoms with Crippen LogP contribution < -0.4 is 14.8 Å². The molecular weight excluding hydrogens is 378 g/mol. The lowest BCUT2D eigenvalue weighted by Gasteiger charge is -2.21. The Morgan fingerprint density at radius 3 is 2.82 bits per heavy atom. The molecule has 0 fully saturated rings. The molecule has 0 aliphatic carbocycles. The molecule has 1 N–H and O–H groups in total. The fourth-order valence-electron chi connectivity index (χ4n) is 3.01. The van der Waals surface area contributed by atoms with Gasteiger partial charge in [-0.3, -0.25) is 4.79 Å². The quantitative estimate of drug-likeness (QED) is 0.681. The van der Waals surface area contributed by atoms with Crippen molar-refractivity contribution in [1.29, 1.82) is 0 Å². The van der Waals surface area contributed by atoms with Crippen LogP contribution in [0.3, 0.4) is 0 Å². The molecule has 1 aliphatic rings. The van der Waals surface area contributed by atoms with Crippen molar-refractivity contribution < 1.29 is 19.0 Å². The second kappa shape index (κ2) is 9.34. The van der Waals surface area contributed by atoms with Crippen molar-refractivity contribution in [3.8, 4) is 11.5 Å². The van der Waals surface area contributed by atoms with Gasteiger partial charge in [0.15, 0.2) is 16.7 Å². The van der Waals surface area contributed by atoms with Gasteiger partial charge in [-0.15, -0.1) is 0 Å². The molecule has 3 rings (SSSR count). The summed E-state index contributed by atoms with van der Waals surface area (Å²) >= 11 is 1.44. The highest BCUT2D eigenvalue weighted by atomic mass is 32.2. The number of amides is 1. The molecule has 8 heteroatoms. The minimum absolute atomic E-state index is 0.0380. The Morgan fingerprint density at radius 1 is 1.32 bits per heavy atom. The number of carbonyl (C=O) groups excluding carboxylic acids is 1. The van der Waals surface area contributed by atoms with Crippen LogP contribution in [0.1, 0.15) is 29.9 Å².